The van der Waals surface area contributed by atoms with E-state index in [4.69, 9.17) is 82.3 Å². The lowest BCUT2D eigenvalue weighted by Crippen LogP contribution is -2.45. The molecule has 27 N–H and O–H groups in total. The number of benzene rings is 2. The Balaban J connectivity index is 0.000000350. The van der Waals surface area contributed by atoms with E-state index < -0.39 is 182 Å². The third-order valence-electron chi connectivity index (χ3n) is 15.0. The number of aromatic nitrogens is 4. The van der Waals surface area contributed by atoms with Crippen molar-refractivity contribution in [2.75, 3.05) is 66.2 Å². The minimum Gasteiger partial charge on any atom is -0.467 e. The molecule has 8 unspecified atom stereocenters. The fraction of sp³-hybridized carbons (Fsp3) is 0.424. The Bertz CT molecular complexity index is 5060. The molecule has 0 aliphatic carbocycles. The zero-order valence-electron chi connectivity index (χ0n) is 63.4. The summed E-state index contributed by atoms with van der Waals surface area (Å²) in [5, 5.41) is 9.70. The van der Waals surface area contributed by atoms with E-state index in [0.29, 0.717) is 63.1 Å². The van der Waals surface area contributed by atoms with Gasteiger partial charge < -0.3 is 66.2 Å². The van der Waals surface area contributed by atoms with E-state index in [1.54, 1.807) is 91.7 Å². The molecule has 2 aliphatic heterocycles. The number of H-pyrrole nitrogens is 1. The van der Waals surface area contributed by atoms with Gasteiger partial charge in [-0.1, -0.05) is 54.6 Å². The number of pyridine rings is 3. The Labute approximate surface area is 692 Å². The molecule has 42 nitrogen and oxygen atoms in total. The number of amidine groups is 2. The molecule has 0 saturated heterocycles. The van der Waals surface area contributed by atoms with Gasteiger partial charge in [0.05, 0.1) is 77.8 Å². The zero-order valence-corrected chi connectivity index (χ0v) is 71.5. The van der Waals surface area contributed by atoms with Crippen LogP contribution in [0.1, 0.15) is 39.2 Å². The summed E-state index contributed by atoms with van der Waals surface area (Å²) in [5.74, 6) is -3.55. The maximum atomic E-state index is 11.3. The van der Waals surface area contributed by atoms with Crippen LogP contribution in [0.4, 0.5) is 0 Å². The van der Waals surface area contributed by atoms with Gasteiger partial charge >= 0.3 is 5.97 Å². The van der Waals surface area contributed by atoms with E-state index in [-0.39, 0.29) is 17.6 Å². The molecule has 2 aromatic carbocycles. The van der Waals surface area contributed by atoms with Gasteiger partial charge in [-0.05, 0) is 121 Å². The number of nitrogens with zero attached hydrogens (tertiary/aromatic N) is 5. The number of thiophene rings is 2. The maximum absolute atomic E-state index is 11.3. The number of nitrogens with two attached hydrogens (primary N) is 8. The van der Waals surface area contributed by atoms with Gasteiger partial charge in [0, 0.05) is 118 Å². The summed E-state index contributed by atoms with van der Waals surface area (Å²) in [5.41, 5.74) is 48.7. The lowest BCUT2D eigenvalue weighted by Gasteiger charge is -2.13. The molecule has 10 rings (SSSR count). The van der Waals surface area contributed by atoms with E-state index in [2.05, 4.69) is 45.3 Å². The van der Waals surface area contributed by atoms with Gasteiger partial charge in [0.25, 0.3) is 80.9 Å². The number of nitrogens with one attached hydrogen (secondary N) is 3. The topological polar surface area (TPSA) is 773 Å². The molecule has 660 valence electrons. The highest BCUT2D eigenvalue weighted by Crippen LogP contribution is 2.26. The predicted octanol–water partition coefficient (Wildman–Crippen LogP) is -1.06. The second-order valence-electron chi connectivity index (χ2n) is 26.3. The molecular formula is C66H100N16O26S10. The first-order valence-corrected chi connectivity index (χ1v) is 49.2. The smallest absolute Gasteiger partial charge is 0.332 e. The lowest BCUT2D eigenvalue weighted by molar-refractivity contribution is -0.142. The van der Waals surface area contributed by atoms with Crippen LogP contribution in [0.3, 0.4) is 0 Å². The zero-order chi connectivity index (χ0) is 89.0. The molecule has 0 fully saturated rings. The van der Waals surface area contributed by atoms with Crippen LogP contribution in [0.25, 0.3) is 21.0 Å². The van der Waals surface area contributed by atoms with Crippen molar-refractivity contribution in [3.05, 3.63) is 184 Å². The van der Waals surface area contributed by atoms with Crippen molar-refractivity contribution in [2.24, 2.45) is 55.9 Å². The van der Waals surface area contributed by atoms with E-state index in [1.165, 1.54) is 18.4 Å². The van der Waals surface area contributed by atoms with Crippen molar-refractivity contribution in [2.45, 2.75) is 106 Å². The van der Waals surface area contributed by atoms with Crippen LogP contribution in [0.15, 0.2) is 162 Å². The number of carbonyl (C=O) groups excluding carboxylic acids is 1. The molecule has 0 amide bonds. The predicted molar refractivity (Wildman–Crippen MR) is 451 cm³/mol. The average molecular weight is 1850 g/mol. The fourth-order valence-corrected chi connectivity index (χ4v) is 17.6. The summed E-state index contributed by atoms with van der Waals surface area (Å²) in [4.78, 5) is 36.1. The first kappa shape index (κ1) is 105. The van der Waals surface area contributed by atoms with Crippen molar-refractivity contribution in [3.8, 4) is 0 Å². The minimum atomic E-state index is -4.18. The summed E-state index contributed by atoms with van der Waals surface area (Å²) in [6, 6.07) is 29.4. The molecule has 10 atom stereocenters. The Morgan fingerprint density at radius 3 is 1.39 bits per heavy atom. The normalized spacial score (nSPS) is 16.3. The van der Waals surface area contributed by atoms with Gasteiger partial charge in [-0.25, -0.2) is 4.79 Å². The first-order valence-electron chi connectivity index (χ1n) is 34.6. The number of carbonyl (C=O) groups is 1. The highest BCUT2D eigenvalue weighted by molar-refractivity contribution is 7.87. The van der Waals surface area contributed by atoms with E-state index in [9.17, 15) is 72.1 Å². The van der Waals surface area contributed by atoms with E-state index >= 15 is 0 Å². The minimum absolute atomic E-state index is 0.172. The number of para-hydroxylation sites is 1. The van der Waals surface area contributed by atoms with E-state index in [1.807, 2.05) is 78.2 Å². The fourth-order valence-electron chi connectivity index (χ4n) is 10.5. The molecule has 118 heavy (non-hydrogen) atoms. The molecular weight excluding hydrogens is 1750 g/mol. The van der Waals surface area contributed by atoms with Crippen LogP contribution in [0, 0.1) is 0 Å². The first-order chi connectivity index (χ1) is 54.5. The summed E-state index contributed by atoms with van der Waals surface area (Å²) in [7, 11) is -30.9. The SMILES string of the molecule is COC(=O)[C@H]1N=C(C(N)CS(=O)(=O)O)N[C@H]1C.NC(CS(=O)(=O)O)C1=NCCN1.NC(Cc1cc2ccccc2[nH]1)CS(=O)(=O)O.NC(Cc1cc2ccccc2s1)CS(=O)(=O)O.NC(Cc1ccccn1)CS(=O)(=O)O.NC(Cc1cccnc1)CS(=O)(=O)O.NC(Cc1cccs1)CS(=O)(=O)O.NC(Cc1ccncc1)CS(=O)(=O)O. The van der Waals surface area contributed by atoms with Gasteiger partial charge in [-0.3, -0.25) is 61.4 Å². The highest BCUT2D eigenvalue weighted by Gasteiger charge is 2.35. The Kier molecular flexibility index (Phi) is 43.8. The second kappa shape index (κ2) is 49.4. The number of hydrogen-bond acceptors (Lipinski definition) is 35. The number of fused-ring (bicyclic) bond motifs is 2. The van der Waals surface area contributed by atoms with Crippen LogP contribution >= 0.6 is 22.7 Å². The monoisotopic (exact) mass is 1850 g/mol. The Hall–Kier alpha value is -7.54. The lowest BCUT2D eigenvalue weighted by atomic mass is 10.1. The average Bonchev–Trinajstić information content (AvgIpc) is 1.69. The van der Waals surface area contributed by atoms with Crippen LogP contribution in [-0.4, -0.2) is 268 Å². The Morgan fingerprint density at radius 2 is 0.941 bits per heavy atom. The number of rotatable bonds is 31. The molecule has 0 saturated carbocycles. The molecule has 0 bridgehead atoms. The van der Waals surface area contributed by atoms with Gasteiger partial charge in [-0.15, -0.1) is 22.7 Å². The summed E-state index contributed by atoms with van der Waals surface area (Å²) >= 11 is 3.12. The molecule has 8 heterocycles. The number of ether oxygens (including phenoxy) is 1. The molecule has 52 heteroatoms. The Morgan fingerprint density at radius 1 is 0.475 bits per heavy atom. The third kappa shape index (κ3) is 49.9. The van der Waals surface area contributed by atoms with E-state index in [0.717, 1.165) is 47.6 Å². The number of aliphatic imine (C=N–C) groups is 2. The van der Waals surface area contributed by atoms with Gasteiger partial charge in [-0.2, -0.15) is 67.3 Å². The van der Waals surface area contributed by atoms with Crippen LogP contribution in [0.2, 0.25) is 0 Å². The molecule has 6 aromatic heterocycles. The number of hydrogen-bond donors (Lipinski definition) is 19. The van der Waals surface area contributed by atoms with Crippen LogP contribution in [-0.2, 0) is 129 Å². The molecule has 2 aliphatic rings. The van der Waals surface area contributed by atoms with Crippen LogP contribution < -0.4 is 56.5 Å². The van der Waals surface area contributed by atoms with Crippen molar-refractivity contribution < 1.29 is 113 Å². The largest absolute Gasteiger partial charge is 0.467 e. The molecule has 0 radical (unpaired) electrons. The number of methoxy groups -OCH3 is 1. The van der Waals surface area contributed by atoms with Crippen molar-refractivity contribution in [1.82, 2.24) is 30.6 Å². The van der Waals surface area contributed by atoms with Gasteiger partial charge in [0.1, 0.15) is 11.7 Å². The highest BCUT2D eigenvalue weighted by atomic mass is 32.3. The standard InChI is InChI=1S/C11H14N2O3S.C11H13NO3S2.C8H15N3O5S.3C8H12N2O3S.C7H11NO3S2.C5H11N3O3S/c12-9(7-17(14,15)16)6-10-5-8-3-1-2-4-11(8)13-10;12-9(7-17(13,14)15)6-10-5-8-3-1-2-4-11(8)16-10;1-4-6(8(12)16-2)11-7(10-4)5(9)3-17(13,14)15;9-8(6-14(11,12)13)5-7-1-3-10-4-2-7;9-8(6-14(11,12)13)4-7-2-1-3-10-5-7;9-7(6-14(11,12)13)5-8-3-1-2-4-10-8;8-6(5-13(9,10)11)4-7-2-1-3-12-7;6-4(3-12(9,10)11)5-7-1-2-8-5/h1-5,9,13H,6-7,12H2,(H,14,15,16);1-5,9H,6-7,12H2,(H,13,14,15);4-6H,3,9H2,1-2H3,(H,10,11)(H,13,14,15);1-4,8H,5-6,9H2,(H,11,12,13);1-3,5,8H,4,6,9H2,(H,11,12,13);1-4,7H,5-6,9H2,(H,11,12,13);1-3,6H,4-5,8H2,(H,9,10,11);4H,1-3,6H2,(H,7,8)(H,9,10,11)/t;;4-,5?,6-;;;;;/m..0...../s1. The van der Waals surface area contributed by atoms with Crippen molar-refractivity contribution in [3.63, 3.8) is 0 Å². The van der Waals surface area contributed by atoms with Crippen molar-refractivity contribution >= 4 is 142 Å². The maximum Gasteiger partial charge on any atom is 0.332 e. The van der Waals surface area contributed by atoms with Gasteiger partial charge in [0.2, 0.25) is 0 Å². The van der Waals surface area contributed by atoms with Gasteiger partial charge in [0.15, 0.2) is 6.04 Å². The number of aromatic amines is 1. The third-order valence-corrected chi connectivity index (χ3v) is 23.7. The number of esters is 1. The summed E-state index contributed by atoms with van der Waals surface area (Å²) in [6.07, 6.45) is 10.5. The summed E-state index contributed by atoms with van der Waals surface area (Å²) in [6.45, 7) is 2.97. The molecule has 0 spiro atoms. The molecule has 8 aromatic rings. The van der Waals surface area contributed by atoms with Crippen LogP contribution in [0.5, 0.6) is 0 Å². The van der Waals surface area contributed by atoms with Crippen molar-refractivity contribution in [1.29, 1.82) is 0 Å². The second-order valence-corrected chi connectivity index (χ2v) is 40.5. The quantitative estimate of drug-likeness (QED) is 0.0182. The summed E-state index contributed by atoms with van der Waals surface area (Å²) < 4.78 is 243.